The second-order valence-electron chi connectivity index (χ2n) is 4.61. The molecule has 0 aromatic rings. The van der Waals surface area contributed by atoms with Gasteiger partial charge in [-0.05, 0) is 12.3 Å². The topological polar surface area (TPSA) is 95.5 Å². The molecule has 0 aromatic heterocycles. The molecule has 0 bridgehead atoms. The highest BCUT2D eigenvalue weighted by Crippen LogP contribution is 2.04. The van der Waals surface area contributed by atoms with Crippen LogP contribution >= 0.6 is 0 Å². The molecule has 0 heterocycles. The van der Waals surface area contributed by atoms with Crippen molar-refractivity contribution in [1.82, 2.24) is 10.6 Å². The van der Waals surface area contributed by atoms with E-state index in [9.17, 15) is 14.4 Å². The molecule has 0 saturated carbocycles. The lowest BCUT2D eigenvalue weighted by Gasteiger charge is -2.23. The third-order valence-electron chi connectivity index (χ3n) is 2.50. The van der Waals surface area contributed by atoms with Gasteiger partial charge in [0.15, 0.2) is 0 Å². The molecule has 18 heavy (non-hydrogen) atoms. The van der Waals surface area contributed by atoms with Gasteiger partial charge in [0.1, 0.15) is 12.1 Å². The first-order valence-electron chi connectivity index (χ1n) is 6.09. The molecule has 0 saturated heterocycles. The number of aliphatic carboxylic acids is 1. The molecule has 1 unspecified atom stereocenters. The van der Waals surface area contributed by atoms with E-state index in [1.807, 2.05) is 6.92 Å². The summed E-state index contributed by atoms with van der Waals surface area (Å²) in [6.45, 7) is 6.74. The highest BCUT2D eigenvalue weighted by molar-refractivity contribution is 5.90. The smallest absolute Gasteiger partial charge is 0.326 e. The first-order chi connectivity index (χ1) is 8.29. The zero-order valence-electron chi connectivity index (χ0n) is 11.3. The second kappa shape index (κ2) is 7.68. The molecule has 0 radical (unpaired) electrons. The molecule has 0 rings (SSSR count). The van der Waals surface area contributed by atoms with E-state index in [0.717, 1.165) is 0 Å². The molecular formula is C12H22N2O4. The van der Waals surface area contributed by atoms with Crippen molar-refractivity contribution in [3.8, 4) is 0 Å². The van der Waals surface area contributed by atoms with Gasteiger partial charge in [0.2, 0.25) is 11.8 Å². The predicted octanol–water partition coefficient (Wildman–Crippen LogP) is 0.517. The molecule has 6 heteroatoms. The first kappa shape index (κ1) is 16.4. The summed E-state index contributed by atoms with van der Waals surface area (Å²) in [5.74, 6) is -1.94. The summed E-state index contributed by atoms with van der Waals surface area (Å²) >= 11 is 0. The monoisotopic (exact) mass is 258 g/mol. The fourth-order valence-electron chi connectivity index (χ4n) is 1.56. The molecule has 104 valence electrons. The number of hydrogen-bond donors (Lipinski definition) is 3. The highest BCUT2D eigenvalue weighted by atomic mass is 16.4. The summed E-state index contributed by atoms with van der Waals surface area (Å²) in [6.07, 6.45) is 1.02. The molecule has 6 nitrogen and oxygen atoms in total. The lowest BCUT2D eigenvalue weighted by atomic mass is 10.0. The van der Waals surface area contributed by atoms with Crippen molar-refractivity contribution in [1.29, 1.82) is 0 Å². The summed E-state index contributed by atoms with van der Waals surface area (Å²) in [7, 11) is 0. The number of nitrogens with one attached hydrogen (secondary N) is 2. The molecule has 0 aliphatic rings. The first-order valence-corrected chi connectivity index (χ1v) is 6.09. The van der Waals surface area contributed by atoms with E-state index in [0.29, 0.717) is 12.8 Å². The van der Waals surface area contributed by atoms with Crippen LogP contribution in [0.3, 0.4) is 0 Å². The van der Waals surface area contributed by atoms with Crippen molar-refractivity contribution in [2.45, 2.75) is 52.6 Å². The van der Waals surface area contributed by atoms with Crippen LogP contribution in [-0.2, 0) is 14.4 Å². The van der Waals surface area contributed by atoms with Gasteiger partial charge in [-0.2, -0.15) is 0 Å². The molecule has 0 aliphatic heterocycles. The van der Waals surface area contributed by atoms with Crippen molar-refractivity contribution in [3.63, 3.8) is 0 Å². The molecule has 2 amide bonds. The third-order valence-corrected chi connectivity index (χ3v) is 2.50. The third kappa shape index (κ3) is 5.65. The van der Waals surface area contributed by atoms with Crippen LogP contribution in [0, 0.1) is 5.92 Å². The van der Waals surface area contributed by atoms with E-state index >= 15 is 0 Å². The average Bonchev–Trinajstić information content (AvgIpc) is 2.24. The van der Waals surface area contributed by atoms with Gasteiger partial charge in [0.05, 0.1) is 0 Å². The van der Waals surface area contributed by atoms with Crippen molar-refractivity contribution in [2.75, 3.05) is 0 Å². The Hall–Kier alpha value is -1.59. The molecule has 0 spiro atoms. The van der Waals surface area contributed by atoms with E-state index < -0.39 is 24.0 Å². The van der Waals surface area contributed by atoms with Crippen LogP contribution in [0.1, 0.15) is 40.5 Å². The van der Waals surface area contributed by atoms with Crippen molar-refractivity contribution < 1.29 is 19.5 Å². The van der Waals surface area contributed by atoms with Gasteiger partial charge in [-0.3, -0.25) is 9.59 Å². The Balaban J connectivity index is 4.66. The number of rotatable bonds is 7. The quantitative estimate of drug-likeness (QED) is 0.620. The van der Waals surface area contributed by atoms with E-state index in [2.05, 4.69) is 10.6 Å². The Morgan fingerprint density at radius 2 is 1.72 bits per heavy atom. The Kier molecular flexibility index (Phi) is 7.00. The minimum atomic E-state index is -1.06. The van der Waals surface area contributed by atoms with Crippen LogP contribution in [0.25, 0.3) is 0 Å². The maximum Gasteiger partial charge on any atom is 0.326 e. The van der Waals surface area contributed by atoms with Gasteiger partial charge in [-0.25, -0.2) is 4.79 Å². The fourth-order valence-corrected chi connectivity index (χ4v) is 1.56. The summed E-state index contributed by atoms with van der Waals surface area (Å²) < 4.78 is 0. The van der Waals surface area contributed by atoms with E-state index in [4.69, 9.17) is 5.11 Å². The number of carbonyl (C=O) groups is 3. The van der Waals surface area contributed by atoms with Gasteiger partial charge < -0.3 is 15.7 Å². The molecule has 0 aromatic carbocycles. The Bertz CT molecular complexity index is 315. The lowest BCUT2D eigenvalue weighted by Crippen LogP contribution is -2.53. The average molecular weight is 258 g/mol. The number of carboxylic acid groups (broad SMARTS) is 1. The Morgan fingerprint density at radius 3 is 2.06 bits per heavy atom. The fraction of sp³-hybridized carbons (Fsp3) is 0.750. The van der Waals surface area contributed by atoms with Crippen LogP contribution in [0.5, 0.6) is 0 Å². The van der Waals surface area contributed by atoms with Crippen LogP contribution in [0.2, 0.25) is 0 Å². The largest absolute Gasteiger partial charge is 0.480 e. The minimum Gasteiger partial charge on any atom is -0.480 e. The maximum atomic E-state index is 11.9. The van der Waals surface area contributed by atoms with Crippen molar-refractivity contribution in [2.24, 2.45) is 5.92 Å². The molecule has 2 atom stereocenters. The Morgan fingerprint density at radius 1 is 1.17 bits per heavy atom. The number of carbonyl (C=O) groups excluding carboxylic acids is 2. The number of carboxylic acids is 1. The van der Waals surface area contributed by atoms with Crippen molar-refractivity contribution >= 4 is 17.8 Å². The maximum absolute atomic E-state index is 11.9. The lowest BCUT2D eigenvalue weighted by molar-refractivity contribution is -0.142. The van der Waals surface area contributed by atoms with Crippen LogP contribution < -0.4 is 10.6 Å². The van der Waals surface area contributed by atoms with E-state index in [1.54, 1.807) is 13.8 Å². The SMILES string of the molecule is CCC[C@@H](NC(=O)C(NC(C)=O)C(C)C)C(=O)O. The summed E-state index contributed by atoms with van der Waals surface area (Å²) in [4.78, 5) is 33.9. The van der Waals surface area contributed by atoms with E-state index in [1.165, 1.54) is 6.92 Å². The summed E-state index contributed by atoms with van der Waals surface area (Å²) in [5, 5.41) is 13.9. The van der Waals surface area contributed by atoms with Crippen LogP contribution in [0.4, 0.5) is 0 Å². The normalized spacial score (nSPS) is 13.8. The van der Waals surface area contributed by atoms with Gasteiger partial charge in [-0.1, -0.05) is 27.2 Å². The van der Waals surface area contributed by atoms with Gasteiger partial charge in [0, 0.05) is 6.92 Å². The zero-order chi connectivity index (χ0) is 14.3. The van der Waals surface area contributed by atoms with E-state index in [-0.39, 0.29) is 11.8 Å². The number of amides is 2. The van der Waals surface area contributed by atoms with Crippen LogP contribution in [-0.4, -0.2) is 35.0 Å². The zero-order valence-corrected chi connectivity index (χ0v) is 11.3. The van der Waals surface area contributed by atoms with Gasteiger partial charge in [0.25, 0.3) is 0 Å². The molecule has 3 N–H and O–H groups in total. The van der Waals surface area contributed by atoms with Gasteiger partial charge in [-0.15, -0.1) is 0 Å². The van der Waals surface area contributed by atoms with Crippen molar-refractivity contribution in [3.05, 3.63) is 0 Å². The Labute approximate surface area is 107 Å². The summed E-state index contributed by atoms with van der Waals surface area (Å²) in [5.41, 5.74) is 0. The molecule has 0 fully saturated rings. The predicted molar refractivity (Wildman–Crippen MR) is 66.9 cm³/mol. The minimum absolute atomic E-state index is 0.107. The van der Waals surface area contributed by atoms with Gasteiger partial charge >= 0.3 is 5.97 Å². The number of hydrogen-bond acceptors (Lipinski definition) is 3. The summed E-state index contributed by atoms with van der Waals surface area (Å²) in [6, 6.07) is -1.61. The molecule has 0 aliphatic carbocycles. The second-order valence-corrected chi connectivity index (χ2v) is 4.61. The van der Waals surface area contributed by atoms with Crippen LogP contribution in [0.15, 0.2) is 0 Å². The molecular weight excluding hydrogens is 236 g/mol. The standard InChI is InChI=1S/C12H22N2O4/c1-5-6-9(12(17)18)14-11(16)10(7(2)3)13-8(4)15/h7,9-10H,5-6H2,1-4H3,(H,13,15)(H,14,16)(H,17,18)/t9-,10?/m1/s1. The highest BCUT2D eigenvalue weighted by Gasteiger charge is 2.27.